The normalized spacial score (nSPS) is 11.6. The zero-order valence-electron chi connectivity index (χ0n) is 19.6. The Bertz CT molecular complexity index is 867. The molecule has 1 atom stereocenters. The highest BCUT2D eigenvalue weighted by Gasteiger charge is 2.26. The van der Waals surface area contributed by atoms with E-state index in [-0.39, 0.29) is 24.3 Å². The number of ether oxygens (including phenoxy) is 3. The van der Waals surface area contributed by atoms with Gasteiger partial charge in [0, 0.05) is 19.0 Å². The number of amides is 2. The molecule has 2 amide bonds. The number of hydrogen-bond acceptors (Lipinski definition) is 5. The van der Waals surface area contributed by atoms with Crippen LogP contribution < -0.4 is 19.5 Å². The average molecular weight is 443 g/mol. The second kappa shape index (κ2) is 12.6. The van der Waals surface area contributed by atoms with Gasteiger partial charge >= 0.3 is 0 Å². The number of nitrogens with one attached hydrogen (secondary N) is 1. The van der Waals surface area contributed by atoms with E-state index in [1.165, 1.54) is 0 Å². The number of carbonyl (C=O) groups excluding carboxylic acids is 2. The van der Waals surface area contributed by atoms with Crippen LogP contribution >= 0.6 is 0 Å². The van der Waals surface area contributed by atoms with Crippen LogP contribution in [0.5, 0.6) is 17.2 Å². The first kappa shape index (κ1) is 25.0. The Morgan fingerprint density at radius 1 is 0.938 bits per heavy atom. The van der Waals surface area contributed by atoms with E-state index in [1.807, 2.05) is 62.4 Å². The minimum atomic E-state index is -0.599. The molecule has 0 aliphatic carbocycles. The summed E-state index contributed by atoms with van der Waals surface area (Å²) >= 11 is 0. The molecule has 0 radical (unpaired) electrons. The Balaban J connectivity index is 2.00. The van der Waals surface area contributed by atoms with Crippen LogP contribution in [0.3, 0.4) is 0 Å². The lowest BCUT2D eigenvalue weighted by Crippen LogP contribution is -2.49. The molecule has 1 N–H and O–H groups in total. The van der Waals surface area contributed by atoms with Gasteiger partial charge in [-0.3, -0.25) is 9.59 Å². The summed E-state index contributed by atoms with van der Waals surface area (Å²) in [5.41, 5.74) is 0.899. The molecule has 0 saturated carbocycles. The van der Waals surface area contributed by atoms with E-state index in [9.17, 15) is 9.59 Å². The van der Waals surface area contributed by atoms with Crippen molar-refractivity contribution < 1.29 is 23.8 Å². The predicted octanol–water partition coefficient (Wildman–Crippen LogP) is 3.80. The first-order valence-corrected chi connectivity index (χ1v) is 10.8. The van der Waals surface area contributed by atoms with E-state index in [0.717, 1.165) is 17.1 Å². The van der Waals surface area contributed by atoms with Crippen molar-refractivity contribution in [3.63, 3.8) is 0 Å². The maximum Gasteiger partial charge on any atom is 0.242 e. The lowest BCUT2D eigenvalue weighted by Gasteiger charge is -2.29. The van der Waals surface area contributed by atoms with Crippen LogP contribution in [-0.4, -0.2) is 49.6 Å². The van der Waals surface area contributed by atoms with Gasteiger partial charge in [-0.1, -0.05) is 12.1 Å². The molecule has 7 nitrogen and oxygen atoms in total. The second-order valence-corrected chi connectivity index (χ2v) is 7.84. The smallest absolute Gasteiger partial charge is 0.242 e. The van der Waals surface area contributed by atoms with Crippen LogP contribution in [-0.2, 0) is 16.1 Å². The average Bonchev–Trinajstić information content (AvgIpc) is 2.79. The molecule has 2 aromatic carbocycles. The third kappa shape index (κ3) is 7.80. The number of methoxy groups -OCH3 is 2. The lowest BCUT2D eigenvalue weighted by atomic mass is 10.1. The third-order valence-corrected chi connectivity index (χ3v) is 4.95. The molecule has 0 spiro atoms. The third-order valence-electron chi connectivity index (χ3n) is 4.95. The topological polar surface area (TPSA) is 77.1 Å². The SMILES string of the molecule is COc1ccc(OCCCC(=O)N(Cc2cccc(OC)c2)[C@H](C)C(=O)NC(C)C)cc1. The fourth-order valence-corrected chi connectivity index (χ4v) is 3.18. The molecule has 0 aliphatic rings. The largest absolute Gasteiger partial charge is 0.497 e. The van der Waals surface area contributed by atoms with Crippen molar-refractivity contribution in [2.45, 2.75) is 52.2 Å². The van der Waals surface area contributed by atoms with Gasteiger partial charge in [0.2, 0.25) is 11.8 Å². The van der Waals surface area contributed by atoms with Gasteiger partial charge in [0.25, 0.3) is 0 Å². The van der Waals surface area contributed by atoms with Gasteiger partial charge in [-0.2, -0.15) is 0 Å². The van der Waals surface area contributed by atoms with Gasteiger partial charge in [0.05, 0.1) is 20.8 Å². The minimum Gasteiger partial charge on any atom is -0.497 e. The summed E-state index contributed by atoms with van der Waals surface area (Å²) in [5.74, 6) is 1.91. The molecule has 32 heavy (non-hydrogen) atoms. The number of nitrogens with zero attached hydrogens (tertiary/aromatic N) is 1. The van der Waals surface area contributed by atoms with Crippen molar-refractivity contribution in [2.75, 3.05) is 20.8 Å². The highest BCUT2D eigenvalue weighted by molar-refractivity contribution is 5.87. The van der Waals surface area contributed by atoms with Crippen LogP contribution in [0.4, 0.5) is 0 Å². The van der Waals surface area contributed by atoms with Crippen LogP contribution in [0.1, 0.15) is 39.2 Å². The van der Waals surface area contributed by atoms with Crippen molar-refractivity contribution in [2.24, 2.45) is 0 Å². The van der Waals surface area contributed by atoms with Crippen LogP contribution in [0, 0.1) is 0 Å². The lowest BCUT2D eigenvalue weighted by molar-refractivity contribution is -0.141. The highest BCUT2D eigenvalue weighted by Crippen LogP contribution is 2.19. The zero-order valence-corrected chi connectivity index (χ0v) is 19.6. The first-order valence-electron chi connectivity index (χ1n) is 10.8. The molecular formula is C25H34N2O5. The van der Waals surface area contributed by atoms with Crippen molar-refractivity contribution in [1.82, 2.24) is 10.2 Å². The van der Waals surface area contributed by atoms with E-state index in [0.29, 0.717) is 25.3 Å². The van der Waals surface area contributed by atoms with E-state index in [2.05, 4.69) is 5.32 Å². The quantitative estimate of drug-likeness (QED) is 0.506. The predicted molar refractivity (Wildman–Crippen MR) is 124 cm³/mol. The fourth-order valence-electron chi connectivity index (χ4n) is 3.18. The van der Waals surface area contributed by atoms with Crippen LogP contribution in [0.25, 0.3) is 0 Å². The Morgan fingerprint density at radius 3 is 2.22 bits per heavy atom. The molecule has 0 saturated heterocycles. The summed E-state index contributed by atoms with van der Waals surface area (Å²) in [6, 6.07) is 14.2. The van der Waals surface area contributed by atoms with E-state index in [4.69, 9.17) is 14.2 Å². The van der Waals surface area contributed by atoms with Crippen molar-refractivity contribution >= 4 is 11.8 Å². The van der Waals surface area contributed by atoms with E-state index >= 15 is 0 Å². The Labute approximate surface area is 190 Å². The summed E-state index contributed by atoms with van der Waals surface area (Å²) < 4.78 is 16.1. The summed E-state index contributed by atoms with van der Waals surface area (Å²) in [6.07, 6.45) is 0.817. The number of benzene rings is 2. The maximum atomic E-state index is 13.1. The van der Waals surface area contributed by atoms with Crippen LogP contribution in [0.15, 0.2) is 48.5 Å². The summed E-state index contributed by atoms with van der Waals surface area (Å²) in [4.78, 5) is 27.3. The van der Waals surface area contributed by atoms with Crippen LogP contribution in [0.2, 0.25) is 0 Å². The monoisotopic (exact) mass is 442 g/mol. The molecule has 0 aliphatic heterocycles. The summed E-state index contributed by atoms with van der Waals surface area (Å²) in [5, 5.41) is 2.89. The van der Waals surface area contributed by atoms with Gasteiger partial charge in [-0.05, 0) is 69.2 Å². The van der Waals surface area contributed by atoms with Gasteiger partial charge in [0.1, 0.15) is 23.3 Å². The van der Waals surface area contributed by atoms with Gasteiger partial charge in [-0.25, -0.2) is 0 Å². The van der Waals surface area contributed by atoms with Gasteiger partial charge in [0.15, 0.2) is 0 Å². The first-order chi connectivity index (χ1) is 15.3. The standard InChI is InChI=1S/C25H34N2O5/c1-18(2)26-25(29)19(3)27(17-20-8-6-9-23(16-20)31-5)24(28)10-7-15-32-22-13-11-21(30-4)12-14-22/h6,8-9,11-14,16,18-19H,7,10,15,17H2,1-5H3,(H,26,29)/t19-/m1/s1. The Hall–Kier alpha value is -3.22. The summed E-state index contributed by atoms with van der Waals surface area (Å²) in [7, 11) is 3.21. The number of rotatable bonds is 12. The highest BCUT2D eigenvalue weighted by atomic mass is 16.5. The molecule has 0 heterocycles. The van der Waals surface area contributed by atoms with E-state index < -0.39 is 6.04 Å². The van der Waals surface area contributed by atoms with Crippen molar-refractivity contribution in [3.8, 4) is 17.2 Å². The molecule has 174 valence electrons. The fraction of sp³-hybridized carbons (Fsp3) is 0.440. The summed E-state index contributed by atoms with van der Waals surface area (Å²) in [6.45, 7) is 6.27. The Kier molecular flexibility index (Phi) is 9.85. The van der Waals surface area contributed by atoms with Crippen molar-refractivity contribution in [1.29, 1.82) is 0 Å². The van der Waals surface area contributed by atoms with Gasteiger partial charge in [-0.15, -0.1) is 0 Å². The molecule has 0 bridgehead atoms. The molecule has 0 unspecified atom stereocenters. The van der Waals surface area contributed by atoms with Gasteiger partial charge < -0.3 is 24.4 Å². The molecule has 0 fully saturated rings. The Morgan fingerprint density at radius 2 is 1.59 bits per heavy atom. The molecule has 0 aromatic heterocycles. The zero-order chi connectivity index (χ0) is 23.5. The number of hydrogen-bond donors (Lipinski definition) is 1. The van der Waals surface area contributed by atoms with E-state index in [1.54, 1.807) is 26.0 Å². The minimum absolute atomic E-state index is 0.00313. The van der Waals surface area contributed by atoms with Crippen molar-refractivity contribution in [3.05, 3.63) is 54.1 Å². The maximum absolute atomic E-state index is 13.1. The molecule has 2 aromatic rings. The second-order valence-electron chi connectivity index (χ2n) is 7.84. The molecule has 7 heteroatoms. The molecular weight excluding hydrogens is 408 g/mol. The molecule has 2 rings (SSSR count). The number of carbonyl (C=O) groups is 2.